The number of hydrogen-bond acceptors (Lipinski definition) is 6. The van der Waals surface area contributed by atoms with Gasteiger partial charge in [-0.05, 0) is 98.2 Å². The lowest BCUT2D eigenvalue weighted by Crippen LogP contribution is -2.27. The Bertz CT molecular complexity index is 1480. The van der Waals surface area contributed by atoms with Crippen molar-refractivity contribution in [1.82, 2.24) is 0 Å². The number of esters is 1. The second kappa shape index (κ2) is 11.2. The first-order valence-electron chi connectivity index (χ1n) is 13.9. The lowest BCUT2D eigenvalue weighted by molar-refractivity contribution is -0.141. The van der Waals surface area contributed by atoms with Crippen molar-refractivity contribution in [3.63, 3.8) is 0 Å². The molecule has 0 fully saturated rings. The molecule has 0 bridgehead atoms. The number of aryl methyl sites for hydroxylation is 2. The van der Waals surface area contributed by atoms with E-state index in [1.165, 1.54) is 13.2 Å². The fraction of sp³-hybridized carbons (Fsp3) is 0.424. The summed E-state index contributed by atoms with van der Waals surface area (Å²) in [6, 6.07) is 11.6. The highest BCUT2D eigenvalue weighted by Crippen LogP contribution is 2.48. The van der Waals surface area contributed by atoms with Crippen molar-refractivity contribution < 1.29 is 42.0 Å². The summed E-state index contributed by atoms with van der Waals surface area (Å²) < 4.78 is 65.8. The third-order valence-electron chi connectivity index (χ3n) is 7.79. The highest BCUT2D eigenvalue weighted by molar-refractivity contribution is 5.80. The molecule has 5 rings (SSSR count). The molecule has 0 radical (unpaired) electrons. The summed E-state index contributed by atoms with van der Waals surface area (Å²) in [6.07, 6.45) is -3.80. The molecule has 0 saturated heterocycles. The Balaban J connectivity index is 1.47. The molecule has 0 spiro atoms. The van der Waals surface area contributed by atoms with Crippen LogP contribution in [0, 0.1) is 13.8 Å². The predicted molar refractivity (Wildman–Crippen MR) is 151 cm³/mol. The summed E-state index contributed by atoms with van der Waals surface area (Å²) >= 11 is 0. The van der Waals surface area contributed by atoms with E-state index < -0.39 is 23.4 Å². The minimum Gasteiger partial charge on any atom is -0.492 e. The van der Waals surface area contributed by atoms with Crippen molar-refractivity contribution in [3.05, 3.63) is 75.8 Å². The van der Waals surface area contributed by atoms with Crippen LogP contribution in [0.1, 0.15) is 72.1 Å². The summed E-state index contributed by atoms with van der Waals surface area (Å²) in [5, 5.41) is 10.0. The van der Waals surface area contributed by atoms with Crippen LogP contribution < -0.4 is 14.2 Å². The number of carbonyl (C=O) groups is 1. The zero-order chi connectivity index (χ0) is 30.4. The van der Waals surface area contributed by atoms with Gasteiger partial charge in [0, 0.05) is 17.5 Å². The van der Waals surface area contributed by atoms with Crippen LogP contribution in [0.2, 0.25) is 0 Å². The summed E-state index contributed by atoms with van der Waals surface area (Å²) in [7, 11) is 1.35. The molecule has 9 heteroatoms. The number of ether oxygens (including phenoxy) is 4. The predicted octanol–water partition coefficient (Wildman–Crippen LogP) is 7.24. The molecule has 42 heavy (non-hydrogen) atoms. The lowest BCUT2D eigenvalue weighted by Gasteiger charge is -2.23. The first kappa shape index (κ1) is 29.8. The first-order chi connectivity index (χ1) is 19.7. The van der Waals surface area contributed by atoms with E-state index in [1.807, 2.05) is 12.1 Å². The number of halogens is 3. The molecule has 2 atom stereocenters. The van der Waals surface area contributed by atoms with Crippen LogP contribution in [-0.2, 0) is 22.1 Å². The maximum absolute atomic E-state index is 14.4. The normalized spacial score (nSPS) is 17.8. The van der Waals surface area contributed by atoms with Crippen molar-refractivity contribution in [2.45, 2.75) is 70.8 Å². The van der Waals surface area contributed by atoms with Crippen molar-refractivity contribution in [1.29, 1.82) is 0 Å². The second-order valence-corrected chi connectivity index (χ2v) is 11.7. The number of rotatable bonds is 8. The van der Waals surface area contributed by atoms with Crippen LogP contribution in [-0.4, -0.2) is 37.0 Å². The van der Waals surface area contributed by atoms with Crippen LogP contribution in [0.3, 0.4) is 0 Å². The average Bonchev–Trinajstić information content (AvgIpc) is 3.50. The molecular weight excluding hydrogens is 549 g/mol. The van der Waals surface area contributed by atoms with Crippen LogP contribution in [0.15, 0.2) is 42.5 Å². The number of methoxy groups -OCH3 is 1. The number of aliphatic hydroxyl groups is 1. The van der Waals surface area contributed by atoms with Crippen LogP contribution in [0.25, 0.3) is 11.1 Å². The molecule has 0 saturated carbocycles. The van der Waals surface area contributed by atoms with Gasteiger partial charge in [0.2, 0.25) is 0 Å². The molecule has 0 unspecified atom stereocenters. The highest BCUT2D eigenvalue weighted by atomic mass is 19.4. The van der Waals surface area contributed by atoms with Gasteiger partial charge in [-0.25, -0.2) is 0 Å². The third kappa shape index (κ3) is 6.07. The Morgan fingerprint density at radius 2 is 1.69 bits per heavy atom. The molecule has 1 N–H and O–H groups in total. The summed E-state index contributed by atoms with van der Waals surface area (Å²) in [6.45, 7) is 7.22. The second-order valence-electron chi connectivity index (χ2n) is 11.7. The fourth-order valence-corrected chi connectivity index (χ4v) is 5.92. The van der Waals surface area contributed by atoms with Crippen LogP contribution in [0.5, 0.6) is 17.2 Å². The van der Waals surface area contributed by atoms with Gasteiger partial charge in [0.05, 0.1) is 31.3 Å². The van der Waals surface area contributed by atoms with E-state index in [4.69, 9.17) is 18.9 Å². The molecule has 1 aliphatic carbocycles. The maximum atomic E-state index is 14.4. The van der Waals surface area contributed by atoms with E-state index in [9.17, 15) is 23.1 Å². The first-order valence-corrected chi connectivity index (χ1v) is 13.9. The molecule has 6 nitrogen and oxygen atoms in total. The molecule has 3 aromatic carbocycles. The number of alkyl halides is 3. The van der Waals surface area contributed by atoms with Crippen molar-refractivity contribution >= 4 is 5.97 Å². The van der Waals surface area contributed by atoms with E-state index >= 15 is 0 Å². The molecule has 0 aromatic heterocycles. The monoisotopic (exact) mass is 584 g/mol. The molecule has 3 aromatic rings. The van der Waals surface area contributed by atoms with Crippen molar-refractivity contribution in [2.75, 3.05) is 20.3 Å². The van der Waals surface area contributed by atoms with Gasteiger partial charge in [-0.1, -0.05) is 12.1 Å². The zero-order valence-corrected chi connectivity index (χ0v) is 24.4. The van der Waals surface area contributed by atoms with Crippen LogP contribution >= 0.6 is 0 Å². The number of hydrogen-bond donors (Lipinski definition) is 1. The minimum atomic E-state index is -4.55. The Morgan fingerprint density at radius 1 is 1.00 bits per heavy atom. The molecule has 224 valence electrons. The van der Waals surface area contributed by atoms with Gasteiger partial charge >= 0.3 is 12.1 Å². The zero-order valence-electron chi connectivity index (χ0n) is 24.4. The van der Waals surface area contributed by atoms with Gasteiger partial charge in [0.15, 0.2) is 0 Å². The molecular formula is C33H35F3O6. The van der Waals surface area contributed by atoms with Crippen LogP contribution in [0.4, 0.5) is 13.2 Å². The Hall–Kier alpha value is -3.72. The smallest absolute Gasteiger partial charge is 0.417 e. The van der Waals surface area contributed by atoms with E-state index in [1.54, 1.807) is 45.9 Å². The fourth-order valence-electron chi connectivity index (χ4n) is 5.92. The highest BCUT2D eigenvalue weighted by Gasteiger charge is 2.39. The molecule has 1 aliphatic heterocycles. The number of fused-ring (bicyclic) bond motifs is 2. The molecule has 1 heterocycles. The molecule has 0 amide bonds. The number of benzene rings is 3. The summed E-state index contributed by atoms with van der Waals surface area (Å²) in [5.74, 6) is 1.26. The average molecular weight is 585 g/mol. The third-order valence-corrected chi connectivity index (χ3v) is 7.79. The van der Waals surface area contributed by atoms with Gasteiger partial charge in [-0.2, -0.15) is 13.2 Å². The van der Waals surface area contributed by atoms with E-state index in [2.05, 4.69) is 0 Å². The van der Waals surface area contributed by atoms with Gasteiger partial charge in [-0.15, -0.1) is 0 Å². The lowest BCUT2D eigenvalue weighted by atomic mass is 9.86. The standard InChI is InChI=1S/C33H35F3O6/c1-18-12-22(41-17-32(3,4)38)13-19(2)30(18)31-25-9-11-27(24(25)8-10-26(31)33(34,35)36)42-21-6-7-23-20(14-29(37)39-5)16-40-28(23)15-21/h6-8,10,12-13,15,20,27,38H,9,11,14,16-17H2,1-5H3/t20-,27-/m1/s1. The largest absolute Gasteiger partial charge is 0.492 e. The van der Waals surface area contributed by atoms with E-state index in [-0.39, 0.29) is 30.5 Å². The van der Waals surface area contributed by atoms with Gasteiger partial charge < -0.3 is 24.1 Å². The van der Waals surface area contributed by atoms with Gasteiger partial charge in [0.25, 0.3) is 0 Å². The Morgan fingerprint density at radius 3 is 2.33 bits per heavy atom. The van der Waals surface area contributed by atoms with Crippen molar-refractivity contribution in [3.8, 4) is 28.4 Å². The topological polar surface area (TPSA) is 74.2 Å². The Kier molecular flexibility index (Phi) is 7.91. The van der Waals surface area contributed by atoms with Gasteiger partial charge in [-0.3, -0.25) is 4.79 Å². The van der Waals surface area contributed by atoms with E-state index in [0.29, 0.717) is 59.0 Å². The van der Waals surface area contributed by atoms with Crippen molar-refractivity contribution in [2.24, 2.45) is 0 Å². The van der Waals surface area contributed by atoms with Gasteiger partial charge in [0.1, 0.15) is 30.0 Å². The SMILES string of the molecule is COC(=O)C[C@@H]1COc2cc(O[C@@H]3CCc4c3ccc(C(F)(F)F)c4-c3c(C)cc(OCC(C)(C)O)cc3C)ccc21. The minimum absolute atomic E-state index is 0.0540. The molecule has 2 aliphatic rings. The number of carbonyl (C=O) groups excluding carboxylic acids is 1. The quantitative estimate of drug-likeness (QED) is 0.281. The summed E-state index contributed by atoms with van der Waals surface area (Å²) in [5.41, 5.74) is 2.54. The Labute approximate surface area is 243 Å². The summed E-state index contributed by atoms with van der Waals surface area (Å²) in [4.78, 5) is 11.7. The maximum Gasteiger partial charge on any atom is 0.417 e. The van der Waals surface area contributed by atoms with E-state index in [0.717, 1.165) is 17.2 Å².